The average Bonchev–Trinajstić information content (AvgIpc) is 2.88. The van der Waals surface area contributed by atoms with Crippen molar-refractivity contribution in [1.82, 2.24) is 9.97 Å². The van der Waals surface area contributed by atoms with Crippen molar-refractivity contribution in [3.63, 3.8) is 0 Å². The Labute approximate surface area is 243 Å². The Morgan fingerprint density at radius 2 is 0.950 bits per heavy atom. The van der Waals surface area contributed by atoms with Crippen molar-refractivity contribution in [1.29, 1.82) is 0 Å². The number of benzene rings is 3. The van der Waals surface area contributed by atoms with E-state index in [0.29, 0.717) is 11.5 Å². The molecule has 0 aliphatic carbocycles. The molecule has 0 aliphatic rings. The van der Waals surface area contributed by atoms with E-state index >= 15 is 0 Å². The molecule has 0 unspecified atom stereocenters. The van der Waals surface area contributed by atoms with Crippen LogP contribution in [0.15, 0.2) is 78.9 Å². The van der Waals surface area contributed by atoms with Gasteiger partial charge in [-0.05, 0) is 0 Å². The zero-order valence-electron chi connectivity index (χ0n) is 24.7. The Morgan fingerprint density at radius 3 is 1.38 bits per heavy atom. The molecule has 0 radical (unpaired) electrons. The fourth-order valence-corrected chi connectivity index (χ4v) is 7.75. The van der Waals surface area contributed by atoms with Gasteiger partial charge in [-0.2, -0.15) is 0 Å². The van der Waals surface area contributed by atoms with Gasteiger partial charge in [0.25, 0.3) is 0 Å². The van der Waals surface area contributed by atoms with Crippen LogP contribution in [-0.2, 0) is 10.8 Å². The van der Waals surface area contributed by atoms with Crippen LogP contribution in [0.25, 0.3) is 21.8 Å². The molecule has 0 spiro atoms. The van der Waals surface area contributed by atoms with E-state index in [1.54, 1.807) is 0 Å². The molecule has 6 heteroatoms. The number of para-hydroxylation sites is 3. The third-order valence-corrected chi connectivity index (χ3v) is 9.71. The number of pyridine rings is 2. The fourth-order valence-electron chi connectivity index (χ4n) is 4.85. The molecule has 2 heterocycles. The van der Waals surface area contributed by atoms with Crippen LogP contribution in [0.3, 0.4) is 0 Å². The van der Waals surface area contributed by atoms with Crippen LogP contribution in [0.5, 0.6) is 17.2 Å². The Hall–Kier alpha value is -3.48. The normalized spacial score (nSPS) is 12.0. The van der Waals surface area contributed by atoms with Crippen LogP contribution in [0, 0.1) is 13.8 Å². The summed E-state index contributed by atoms with van der Waals surface area (Å²) in [5.41, 5.74) is 5.43. The standard InChI is InChI=1S/C14H22O.2C10H9NO.Ga/c1-13(2,3)10-8-7-9-11(12(10)15)14(4,5)6;2*1-7-5-6-8-3-2-4-9(12)10(8)11-7;/h7-9,15H,1-6H3;2*2-6,12H,1H3;/q;;;+3/p-3. The number of aryl methyl sites for hydroxylation is 2. The second kappa shape index (κ2) is 10.8. The first-order valence-corrected chi connectivity index (χ1v) is 16.7. The summed E-state index contributed by atoms with van der Waals surface area (Å²) in [6.07, 6.45) is 0. The number of fused-ring (bicyclic) bond motifs is 2. The van der Waals surface area contributed by atoms with Crippen molar-refractivity contribution in [2.75, 3.05) is 0 Å². The van der Waals surface area contributed by atoms with Crippen LogP contribution in [0.1, 0.15) is 64.1 Å². The first-order valence-electron chi connectivity index (χ1n) is 13.8. The molecule has 0 N–H and O–H groups in total. The summed E-state index contributed by atoms with van der Waals surface area (Å²) in [4.78, 5) is 9.60. The molecule has 0 atom stereocenters. The molecule has 5 nitrogen and oxygen atoms in total. The summed E-state index contributed by atoms with van der Waals surface area (Å²) in [6.45, 7) is 17.2. The molecule has 0 bridgehead atoms. The van der Waals surface area contributed by atoms with Gasteiger partial charge < -0.3 is 0 Å². The summed E-state index contributed by atoms with van der Waals surface area (Å²) in [5.74, 6) is 2.18. The molecule has 40 heavy (non-hydrogen) atoms. The van der Waals surface area contributed by atoms with Crippen LogP contribution in [0.4, 0.5) is 0 Å². The summed E-state index contributed by atoms with van der Waals surface area (Å²) >= 11 is -3.58. The van der Waals surface area contributed by atoms with Crippen molar-refractivity contribution < 1.29 is 10.6 Å². The minimum atomic E-state index is -3.58. The van der Waals surface area contributed by atoms with Gasteiger partial charge in [-0.1, -0.05) is 0 Å². The molecule has 0 saturated carbocycles. The van der Waals surface area contributed by atoms with Crippen molar-refractivity contribution in [3.8, 4) is 17.2 Å². The van der Waals surface area contributed by atoms with E-state index in [0.717, 1.165) is 50.1 Å². The van der Waals surface area contributed by atoms with Gasteiger partial charge in [-0.25, -0.2) is 0 Å². The predicted molar refractivity (Wildman–Crippen MR) is 164 cm³/mol. The summed E-state index contributed by atoms with van der Waals surface area (Å²) < 4.78 is 20.5. The van der Waals surface area contributed by atoms with Gasteiger partial charge in [-0.3, -0.25) is 0 Å². The van der Waals surface area contributed by atoms with Crippen LogP contribution in [-0.4, -0.2) is 27.3 Å². The molecule has 5 aromatic rings. The molecule has 3 aromatic carbocycles. The van der Waals surface area contributed by atoms with Crippen molar-refractivity contribution in [2.45, 2.75) is 66.2 Å². The predicted octanol–water partition coefficient (Wildman–Crippen LogP) is 8.52. The number of hydrogen-bond donors (Lipinski definition) is 0. The van der Waals surface area contributed by atoms with Crippen molar-refractivity contribution in [3.05, 3.63) is 101 Å². The second-order valence-electron chi connectivity index (χ2n) is 12.4. The van der Waals surface area contributed by atoms with E-state index in [-0.39, 0.29) is 10.8 Å². The molecule has 0 aliphatic heterocycles. The van der Waals surface area contributed by atoms with E-state index in [2.05, 4.69) is 71.9 Å². The number of aromatic nitrogens is 2. The Balaban J connectivity index is 1.66. The Kier molecular flexibility index (Phi) is 7.59. The second-order valence-corrected chi connectivity index (χ2v) is 15.1. The number of rotatable bonds is 6. The number of hydrogen-bond acceptors (Lipinski definition) is 5. The number of nitrogens with zero attached hydrogens (tertiary/aromatic N) is 2. The van der Waals surface area contributed by atoms with Crippen LogP contribution in [0.2, 0.25) is 0 Å². The molecule has 0 amide bonds. The molecule has 5 rings (SSSR count). The topological polar surface area (TPSA) is 53.5 Å². The molecular weight excluding hydrogens is 554 g/mol. The molecule has 204 valence electrons. The summed E-state index contributed by atoms with van der Waals surface area (Å²) in [6, 6.07) is 26.5. The summed E-state index contributed by atoms with van der Waals surface area (Å²) in [7, 11) is 0. The van der Waals surface area contributed by atoms with Gasteiger partial charge in [0, 0.05) is 0 Å². The summed E-state index contributed by atoms with van der Waals surface area (Å²) in [5, 5.41) is 2.02. The third kappa shape index (κ3) is 5.98. The van der Waals surface area contributed by atoms with E-state index in [4.69, 9.17) is 20.6 Å². The quantitative estimate of drug-likeness (QED) is 0.185. The van der Waals surface area contributed by atoms with E-state index in [1.165, 1.54) is 0 Å². The SMILES string of the molecule is Cc1ccc2cccc([O][Ga]([O]c3c(C(C)(C)C)cccc3C(C)(C)C)[O]c3cccc4ccc(C)nc34)c2n1. The van der Waals surface area contributed by atoms with Gasteiger partial charge >= 0.3 is 245 Å². The monoisotopic (exact) mass is 590 g/mol. The first-order chi connectivity index (χ1) is 18.9. The van der Waals surface area contributed by atoms with Crippen molar-refractivity contribution >= 4 is 39.1 Å². The molecule has 0 fully saturated rings. The molecule has 2 aromatic heterocycles. The van der Waals surface area contributed by atoms with Gasteiger partial charge in [0.2, 0.25) is 0 Å². The van der Waals surface area contributed by atoms with Crippen molar-refractivity contribution in [2.24, 2.45) is 0 Å². The average molecular weight is 591 g/mol. The van der Waals surface area contributed by atoms with Crippen LogP contribution >= 0.6 is 0 Å². The van der Waals surface area contributed by atoms with E-state index < -0.39 is 17.3 Å². The van der Waals surface area contributed by atoms with Gasteiger partial charge in [-0.15, -0.1) is 0 Å². The molecular formula is C34H37GaN2O3. The first kappa shape index (κ1) is 28.1. The maximum atomic E-state index is 6.98. The third-order valence-electron chi connectivity index (χ3n) is 6.94. The minimum absolute atomic E-state index is 0.139. The zero-order valence-corrected chi connectivity index (χ0v) is 27.1. The van der Waals surface area contributed by atoms with Gasteiger partial charge in [0.05, 0.1) is 0 Å². The maximum absolute atomic E-state index is 6.98. The fraction of sp³-hybridized carbons (Fsp3) is 0.294. The zero-order chi connectivity index (χ0) is 28.7. The van der Waals surface area contributed by atoms with Gasteiger partial charge in [0.15, 0.2) is 0 Å². The Morgan fingerprint density at radius 1 is 0.525 bits per heavy atom. The van der Waals surface area contributed by atoms with Gasteiger partial charge in [0.1, 0.15) is 0 Å². The van der Waals surface area contributed by atoms with E-state index in [9.17, 15) is 0 Å². The van der Waals surface area contributed by atoms with Crippen LogP contribution < -0.4 is 10.6 Å². The Bertz CT molecular complexity index is 1570. The molecule has 0 saturated heterocycles. The van der Waals surface area contributed by atoms with E-state index in [1.807, 2.05) is 62.4 Å².